The molecule has 2 aliphatic heterocycles. The van der Waals surface area contributed by atoms with Gasteiger partial charge in [0.15, 0.2) is 0 Å². The summed E-state index contributed by atoms with van der Waals surface area (Å²) in [5.74, 6) is 1.46. The van der Waals surface area contributed by atoms with Gasteiger partial charge in [0.05, 0.1) is 30.2 Å². The number of likely N-dealkylation sites (tertiary alicyclic amines) is 1. The van der Waals surface area contributed by atoms with E-state index < -0.39 is 17.3 Å². The lowest BCUT2D eigenvalue weighted by molar-refractivity contribution is -0.0167. The van der Waals surface area contributed by atoms with Gasteiger partial charge >= 0.3 is 12.2 Å². The average molecular weight is 550 g/mol. The quantitative estimate of drug-likeness (QED) is 0.423. The summed E-state index contributed by atoms with van der Waals surface area (Å²) in [7, 11) is 5.47. The number of methoxy groups -OCH3 is 1. The molecule has 1 aromatic heterocycles. The van der Waals surface area contributed by atoms with E-state index in [0.717, 1.165) is 5.69 Å². The van der Waals surface area contributed by atoms with Gasteiger partial charge in [-0.2, -0.15) is 0 Å². The molecule has 0 saturated carbocycles. The molecule has 11 nitrogen and oxygen atoms in total. The number of amides is 2. The Morgan fingerprint density at radius 1 is 1.10 bits per heavy atom. The van der Waals surface area contributed by atoms with Gasteiger partial charge in [-0.05, 0) is 39.0 Å². The van der Waals surface area contributed by atoms with Gasteiger partial charge in [-0.25, -0.2) is 19.6 Å². The van der Waals surface area contributed by atoms with Crippen LogP contribution < -0.4 is 19.3 Å². The van der Waals surface area contributed by atoms with Crippen LogP contribution in [0.1, 0.15) is 33.6 Å². The van der Waals surface area contributed by atoms with E-state index in [9.17, 15) is 9.59 Å². The van der Waals surface area contributed by atoms with Crippen LogP contribution in [0.4, 0.5) is 21.0 Å². The summed E-state index contributed by atoms with van der Waals surface area (Å²) in [6.45, 7) is 6.71. The molecule has 0 N–H and O–H groups in total. The van der Waals surface area contributed by atoms with E-state index in [-0.39, 0.29) is 6.09 Å². The molecule has 40 heavy (non-hydrogen) atoms. The van der Waals surface area contributed by atoms with Gasteiger partial charge in [-0.3, -0.25) is 4.90 Å². The predicted octanol–water partition coefficient (Wildman–Crippen LogP) is 5.22. The standard InChI is InChI=1S/C29H35N5O6/c1-28(2,3)39-26(35)33-12-10-29(11-13-33)17-34(27(36)40-29)23-15-21-22(16-24(23)37-6)30-18-31-25(21)38-20-9-7-8-19(14-20)32(4)5/h7-9,14-16,18H,10-13,17H2,1-6H3. The van der Waals surface area contributed by atoms with Crippen LogP contribution in [0.25, 0.3) is 10.9 Å². The first-order chi connectivity index (χ1) is 19.0. The van der Waals surface area contributed by atoms with Gasteiger partial charge < -0.3 is 28.7 Å². The van der Waals surface area contributed by atoms with Crippen LogP contribution in [-0.4, -0.2) is 79.1 Å². The lowest BCUT2D eigenvalue weighted by atomic mass is 9.91. The van der Waals surface area contributed by atoms with Crippen LogP contribution >= 0.6 is 0 Å². The number of fused-ring (bicyclic) bond motifs is 1. The lowest BCUT2D eigenvalue weighted by Gasteiger charge is -2.37. The zero-order valence-corrected chi connectivity index (χ0v) is 23.8. The molecule has 5 rings (SSSR count). The summed E-state index contributed by atoms with van der Waals surface area (Å²) in [4.78, 5) is 39.7. The maximum absolute atomic E-state index is 13.2. The van der Waals surface area contributed by atoms with Crippen molar-refractivity contribution in [2.45, 2.75) is 44.8 Å². The lowest BCUT2D eigenvalue weighted by Crippen LogP contribution is -2.49. The van der Waals surface area contributed by atoms with Crippen LogP contribution in [-0.2, 0) is 9.47 Å². The number of anilines is 2. The van der Waals surface area contributed by atoms with E-state index in [4.69, 9.17) is 18.9 Å². The molecule has 3 aromatic rings. The molecule has 3 heterocycles. The number of carbonyl (C=O) groups is 2. The van der Waals surface area contributed by atoms with Crippen molar-refractivity contribution in [2.75, 3.05) is 50.6 Å². The fourth-order valence-electron chi connectivity index (χ4n) is 4.93. The highest BCUT2D eigenvalue weighted by atomic mass is 16.6. The maximum atomic E-state index is 13.2. The van der Waals surface area contributed by atoms with Gasteiger partial charge in [-0.15, -0.1) is 0 Å². The largest absolute Gasteiger partial charge is 0.494 e. The molecular weight excluding hydrogens is 514 g/mol. The molecule has 0 bridgehead atoms. The third-order valence-corrected chi connectivity index (χ3v) is 7.04. The number of hydrogen-bond donors (Lipinski definition) is 0. The second-order valence-corrected chi connectivity index (χ2v) is 11.3. The first kappa shape index (κ1) is 27.3. The van der Waals surface area contributed by atoms with E-state index in [0.29, 0.717) is 66.4 Å². The first-order valence-corrected chi connectivity index (χ1v) is 13.2. The predicted molar refractivity (Wildman–Crippen MR) is 151 cm³/mol. The van der Waals surface area contributed by atoms with Crippen molar-refractivity contribution in [3.63, 3.8) is 0 Å². The molecule has 0 radical (unpaired) electrons. The number of aromatic nitrogens is 2. The summed E-state index contributed by atoms with van der Waals surface area (Å²) >= 11 is 0. The number of benzene rings is 2. The van der Waals surface area contributed by atoms with Crippen LogP contribution in [0.2, 0.25) is 0 Å². The van der Waals surface area contributed by atoms with Gasteiger partial charge in [-0.1, -0.05) is 6.07 Å². The number of piperidine rings is 1. The summed E-state index contributed by atoms with van der Waals surface area (Å²) in [5.41, 5.74) is 0.850. The Hall–Kier alpha value is -4.28. The minimum atomic E-state index is -0.714. The Balaban J connectivity index is 1.40. The summed E-state index contributed by atoms with van der Waals surface area (Å²) in [5, 5.41) is 0.627. The van der Waals surface area contributed by atoms with Crippen molar-refractivity contribution < 1.29 is 28.5 Å². The molecule has 2 aliphatic rings. The molecule has 0 unspecified atom stereocenters. The van der Waals surface area contributed by atoms with Crippen LogP contribution in [0.3, 0.4) is 0 Å². The molecule has 11 heteroatoms. The van der Waals surface area contributed by atoms with E-state index in [1.807, 2.05) is 64.0 Å². The van der Waals surface area contributed by atoms with E-state index >= 15 is 0 Å². The van der Waals surface area contributed by atoms with Gasteiger partial charge in [0.25, 0.3) is 0 Å². The van der Waals surface area contributed by atoms with E-state index in [2.05, 4.69) is 9.97 Å². The number of rotatable bonds is 5. The second-order valence-electron chi connectivity index (χ2n) is 11.3. The third kappa shape index (κ3) is 5.54. The molecule has 2 fully saturated rings. The molecule has 0 aliphatic carbocycles. The minimum Gasteiger partial charge on any atom is -0.494 e. The van der Waals surface area contributed by atoms with Gasteiger partial charge in [0.1, 0.15) is 29.0 Å². The zero-order valence-electron chi connectivity index (χ0n) is 23.8. The molecule has 212 valence electrons. The molecule has 2 saturated heterocycles. The SMILES string of the molecule is COc1cc2ncnc(Oc3cccc(N(C)C)c3)c2cc1N1CC2(CCN(C(=O)OC(C)(C)C)CC2)OC1=O. The highest BCUT2D eigenvalue weighted by Gasteiger charge is 2.49. The molecule has 2 aromatic carbocycles. The minimum absolute atomic E-state index is 0.324. The summed E-state index contributed by atoms with van der Waals surface area (Å²) < 4.78 is 23.3. The topological polar surface area (TPSA) is 107 Å². The van der Waals surface area contributed by atoms with Crippen molar-refractivity contribution >= 4 is 34.5 Å². The Morgan fingerprint density at radius 2 is 1.85 bits per heavy atom. The normalized spacial score (nSPS) is 16.7. The third-order valence-electron chi connectivity index (χ3n) is 7.04. The first-order valence-electron chi connectivity index (χ1n) is 13.2. The van der Waals surface area contributed by atoms with Gasteiger partial charge in [0.2, 0.25) is 5.88 Å². The smallest absolute Gasteiger partial charge is 0.415 e. The average Bonchev–Trinajstić information content (AvgIpc) is 3.22. The molecule has 2 amide bonds. The van der Waals surface area contributed by atoms with E-state index in [1.54, 1.807) is 29.0 Å². The second kappa shape index (κ2) is 10.4. The van der Waals surface area contributed by atoms with Crippen molar-refractivity contribution in [3.8, 4) is 17.4 Å². The summed E-state index contributed by atoms with van der Waals surface area (Å²) in [6, 6.07) is 11.2. The highest BCUT2D eigenvalue weighted by Crippen LogP contribution is 2.42. The Bertz CT molecular complexity index is 1430. The number of carbonyl (C=O) groups excluding carboxylic acids is 2. The molecule has 0 atom stereocenters. The fourth-order valence-corrected chi connectivity index (χ4v) is 4.93. The Kier molecular flexibility index (Phi) is 7.07. The van der Waals surface area contributed by atoms with Crippen molar-refractivity contribution in [3.05, 3.63) is 42.7 Å². The van der Waals surface area contributed by atoms with Crippen molar-refractivity contribution in [1.29, 1.82) is 0 Å². The fraction of sp³-hybridized carbons (Fsp3) is 0.448. The summed E-state index contributed by atoms with van der Waals surface area (Å²) in [6.07, 6.45) is 1.61. The number of hydrogen-bond acceptors (Lipinski definition) is 9. The van der Waals surface area contributed by atoms with Crippen molar-refractivity contribution in [2.24, 2.45) is 0 Å². The molecular formula is C29H35N5O6. The monoisotopic (exact) mass is 549 g/mol. The maximum Gasteiger partial charge on any atom is 0.415 e. The van der Waals surface area contributed by atoms with Crippen LogP contribution in [0, 0.1) is 0 Å². The Morgan fingerprint density at radius 3 is 2.52 bits per heavy atom. The zero-order chi connectivity index (χ0) is 28.7. The number of ether oxygens (including phenoxy) is 4. The van der Waals surface area contributed by atoms with Crippen molar-refractivity contribution in [1.82, 2.24) is 14.9 Å². The molecule has 1 spiro atoms. The van der Waals surface area contributed by atoms with Crippen LogP contribution in [0.5, 0.6) is 17.4 Å². The highest BCUT2D eigenvalue weighted by molar-refractivity contribution is 5.97. The van der Waals surface area contributed by atoms with Gasteiger partial charge in [0, 0.05) is 57.8 Å². The van der Waals surface area contributed by atoms with Crippen LogP contribution in [0.15, 0.2) is 42.7 Å². The number of nitrogens with zero attached hydrogens (tertiary/aromatic N) is 5. The van der Waals surface area contributed by atoms with E-state index in [1.165, 1.54) is 6.33 Å². The Labute approximate surface area is 233 Å².